The molecular formula is C11H21ClO. The maximum Gasteiger partial charge on any atom is 0.0462 e. The minimum Gasteiger partial charge on any atom is -0.385 e. The highest BCUT2D eigenvalue weighted by Crippen LogP contribution is 2.48. The molecule has 0 heterocycles. The molecule has 0 aromatic carbocycles. The third-order valence-electron chi connectivity index (χ3n) is 3.21. The third-order valence-corrected chi connectivity index (χ3v) is 3.83. The Labute approximate surface area is 86.8 Å². The molecule has 1 nitrogen and oxygen atoms in total. The van der Waals surface area contributed by atoms with Crippen molar-refractivity contribution in [1.29, 1.82) is 0 Å². The average Bonchev–Trinajstić information content (AvgIpc) is 2.95. The van der Waals surface area contributed by atoms with Crippen LogP contribution in [0.4, 0.5) is 0 Å². The van der Waals surface area contributed by atoms with Gasteiger partial charge in [0, 0.05) is 19.6 Å². The minimum absolute atomic E-state index is 0.412. The molecule has 0 radical (unpaired) electrons. The second-order valence-corrected chi connectivity index (χ2v) is 4.78. The zero-order chi connectivity index (χ0) is 9.73. The standard InChI is InChI=1S/C11H21ClO/c1-11(9-12,10-5-6-10)7-3-4-8-13-2/h10H,3-9H2,1-2H3. The first-order chi connectivity index (χ1) is 6.23. The van der Waals surface area contributed by atoms with Gasteiger partial charge in [-0.2, -0.15) is 0 Å². The van der Waals surface area contributed by atoms with Crippen LogP contribution >= 0.6 is 11.6 Å². The Morgan fingerprint density at radius 3 is 2.54 bits per heavy atom. The van der Waals surface area contributed by atoms with E-state index in [1.165, 1.54) is 32.1 Å². The molecule has 0 aromatic heterocycles. The average molecular weight is 205 g/mol. The molecule has 1 fully saturated rings. The molecule has 2 heteroatoms. The molecule has 1 aliphatic carbocycles. The highest BCUT2D eigenvalue weighted by atomic mass is 35.5. The monoisotopic (exact) mass is 204 g/mol. The maximum absolute atomic E-state index is 6.03. The second-order valence-electron chi connectivity index (χ2n) is 4.51. The van der Waals surface area contributed by atoms with Crippen molar-refractivity contribution < 1.29 is 4.74 Å². The molecule has 1 unspecified atom stereocenters. The Hall–Kier alpha value is 0.250. The first-order valence-corrected chi connectivity index (χ1v) is 5.81. The summed E-state index contributed by atoms with van der Waals surface area (Å²) in [4.78, 5) is 0. The van der Waals surface area contributed by atoms with E-state index in [4.69, 9.17) is 16.3 Å². The van der Waals surface area contributed by atoms with Gasteiger partial charge in [0.2, 0.25) is 0 Å². The summed E-state index contributed by atoms with van der Waals surface area (Å²) in [5.41, 5.74) is 0.412. The van der Waals surface area contributed by atoms with Crippen molar-refractivity contribution in [3.8, 4) is 0 Å². The summed E-state index contributed by atoms with van der Waals surface area (Å²) in [7, 11) is 1.77. The van der Waals surface area contributed by atoms with Crippen LogP contribution in [0.2, 0.25) is 0 Å². The Morgan fingerprint density at radius 1 is 1.38 bits per heavy atom. The van der Waals surface area contributed by atoms with Crippen LogP contribution < -0.4 is 0 Å². The van der Waals surface area contributed by atoms with Crippen molar-refractivity contribution in [2.45, 2.75) is 39.0 Å². The number of hydrogen-bond donors (Lipinski definition) is 0. The van der Waals surface area contributed by atoms with Gasteiger partial charge in [0.15, 0.2) is 0 Å². The number of hydrogen-bond acceptors (Lipinski definition) is 1. The third kappa shape index (κ3) is 3.47. The Balaban J connectivity index is 2.15. The molecule has 78 valence electrons. The molecule has 0 spiro atoms. The lowest BCUT2D eigenvalue weighted by atomic mass is 9.82. The molecule has 1 rings (SSSR count). The van der Waals surface area contributed by atoms with E-state index in [1.807, 2.05) is 0 Å². The lowest BCUT2D eigenvalue weighted by Gasteiger charge is -2.26. The maximum atomic E-state index is 6.03. The zero-order valence-electron chi connectivity index (χ0n) is 8.81. The molecule has 0 bridgehead atoms. The van der Waals surface area contributed by atoms with E-state index in [9.17, 15) is 0 Å². The van der Waals surface area contributed by atoms with Crippen molar-refractivity contribution in [2.75, 3.05) is 19.6 Å². The minimum atomic E-state index is 0.412. The normalized spacial score (nSPS) is 21.5. The van der Waals surface area contributed by atoms with Gasteiger partial charge in [-0.3, -0.25) is 0 Å². The van der Waals surface area contributed by atoms with E-state index in [2.05, 4.69) is 6.92 Å². The summed E-state index contributed by atoms with van der Waals surface area (Å²) in [5.74, 6) is 1.73. The van der Waals surface area contributed by atoms with Crippen molar-refractivity contribution in [3.63, 3.8) is 0 Å². The summed E-state index contributed by atoms with van der Waals surface area (Å²) >= 11 is 6.03. The molecular weight excluding hydrogens is 184 g/mol. The van der Waals surface area contributed by atoms with Gasteiger partial charge in [-0.15, -0.1) is 11.6 Å². The Bertz CT molecular complexity index is 145. The van der Waals surface area contributed by atoms with Crippen LogP contribution in [-0.4, -0.2) is 19.6 Å². The molecule has 1 saturated carbocycles. The number of rotatable bonds is 7. The second kappa shape index (κ2) is 5.21. The highest BCUT2D eigenvalue weighted by molar-refractivity contribution is 6.18. The SMILES string of the molecule is COCCCCC(C)(CCl)C1CC1. The largest absolute Gasteiger partial charge is 0.385 e. The van der Waals surface area contributed by atoms with Crippen molar-refractivity contribution in [3.05, 3.63) is 0 Å². The van der Waals surface area contributed by atoms with E-state index in [-0.39, 0.29) is 0 Å². The Kier molecular flexibility index (Phi) is 4.54. The predicted molar refractivity (Wildman–Crippen MR) is 57.3 cm³/mol. The molecule has 0 aliphatic heterocycles. The predicted octanol–water partition coefficient (Wildman–Crippen LogP) is 3.46. The van der Waals surface area contributed by atoms with Crippen molar-refractivity contribution in [1.82, 2.24) is 0 Å². The number of halogens is 1. The van der Waals surface area contributed by atoms with Crippen molar-refractivity contribution >= 4 is 11.6 Å². The van der Waals surface area contributed by atoms with Gasteiger partial charge in [-0.25, -0.2) is 0 Å². The van der Waals surface area contributed by atoms with Gasteiger partial charge in [0.25, 0.3) is 0 Å². The molecule has 0 aromatic rings. The topological polar surface area (TPSA) is 9.23 Å². The zero-order valence-corrected chi connectivity index (χ0v) is 9.57. The van der Waals surface area contributed by atoms with Crippen LogP contribution in [0, 0.1) is 11.3 Å². The number of methoxy groups -OCH3 is 1. The van der Waals surface area contributed by atoms with Crippen LogP contribution in [0.3, 0.4) is 0 Å². The fraction of sp³-hybridized carbons (Fsp3) is 1.00. The summed E-state index contributed by atoms with van der Waals surface area (Å²) < 4.78 is 5.03. The van der Waals surface area contributed by atoms with Crippen LogP contribution in [0.15, 0.2) is 0 Å². The van der Waals surface area contributed by atoms with Crippen LogP contribution in [-0.2, 0) is 4.74 Å². The molecule has 1 atom stereocenters. The van der Waals surface area contributed by atoms with Gasteiger partial charge in [0.1, 0.15) is 0 Å². The van der Waals surface area contributed by atoms with Crippen LogP contribution in [0.5, 0.6) is 0 Å². The van der Waals surface area contributed by atoms with Gasteiger partial charge in [0.05, 0.1) is 0 Å². The van der Waals surface area contributed by atoms with E-state index in [0.717, 1.165) is 18.4 Å². The van der Waals surface area contributed by atoms with E-state index in [1.54, 1.807) is 7.11 Å². The first kappa shape index (κ1) is 11.3. The van der Waals surface area contributed by atoms with Crippen molar-refractivity contribution in [2.24, 2.45) is 11.3 Å². The first-order valence-electron chi connectivity index (χ1n) is 5.28. The summed E-state index contributed by atoms with van der Waals surface area (Å²) in [6.45, 7) is 3.23. The molecule has 1 aliphatic rings. The van der Waals surface area contributed by atoms with E-state index < -0.39 is 0 Å². The fourth-order valence-electron chi connectivity index (χ4n) is 1.94. The lowest BCUT2D eigenvalue weighted by Crippen LogP contribution is -2.21. The number of alkyl halides is 1. The number of unbranched alkanes of at least 4 members (excludes halogenated alkanes) is 1. The van der Waals surface area contributed by atoms with Crippen LogP contribution in [0.1, 0.15) is 39.0 Å². The van der Waals surface area contributed by atoms with E-state index in [0.29, 0.717) is 5.41 Å². The Morgan fingerprint density at radius 2 is 2.08 bits per heavy atom. The smallest absolute Gasteiger partial charge is 0.0462 e. The molecule has 13 heavy (non-hydrogen) atoms. The van der Waals surface area contributed by atoms with Gasteiger partial charge < -0.3 is 4.74 Å². The lowest BCUT2D eigenvalue weighted by molar-refractivity contribution is 0.183. The summed E-state index contributed by atoms with van der Waals surface area (Å²) in [6, 6.07) is 0. The van der Waals surface area contributed by atoms with Crippen LogP contribution in [0.25, 0.3) is 0 Å². The number of ether oxygens (including phenoxy) is 1. The van der Waals surface area contributed by atoms with E-state index >= 15 is 0 Å². The highest BCUT2D eigenvalue weighted by Gasteiger charge is 2.39. The summed E-state index contributed by atoms with van der Waals surface area (Å²) in [6.07, 6.45) is 6.49. The van der Waals surface area contributed by atoms with Gasteiger partial charge in [-0.05, 0) is 37.0 Å². The van der Waals surface area contributed by atoms with Gasteiger partial charge in [-0.1, -0.05) is 13.3 Å². The van der Waals surface area contributed by atoms with Gasteiger partial charge >= 0.3 is 0 Å². The molecule has 0 amide bonds. The molecule has 0 N–H and O–H groups in total. The quantitative estimate of drug-likeness (QED) is 0.456. The molecule has 0 saturated heterocycles. The fourth-order valence-corrected chi connectivity index (χ4v) is 2.29. The summed E-state index contributed by atoms with van der Waals surface area (Å²) in [5, 5.41) is 0.